The molecular weight excluding hydrogens is 478 g/mol. The normalized spacial score (nSPS) is 23.4. The molecule has 0 bridgehead atoms. The highest BCUT2D eigenvalue weighted by atomic mass is 35.5. The van der Waals surface area contributed by atoms with Crippen LogP contribution in [0.4, 0.5) is 5.69 Å². The molecule has 0 unspecified atom stereocenters. The molecule has 2 aliphatic heterocycles. The fraction of sp³-hybridized carbons (Fsp3) is 0.219. The minimum atomic E-state index is -0.517. The number of rotatable bonds is 5. The Hall–Kier alpha value is -4.12. The summed E-state index contributed by atoms with van der Waals surface area (Å²) in [6, 6.07) is 28.9. The molecule has 2 heterocycles. The summed E-state index contributed by atoms with van der Waals surface area (Å²) in [4.78, 5) is 16.6. The number of Topliss-reactive ketones (excluding diaryl/α,β-unsaturated/α-hetero) is 1. The monoisotopic (exact) mass is 501 g/mol. The highest BCUT2D eigenvalue weighted by Crippen LogP contribution is 2.56. The molecule has 0 N–H and O–H groups in total. The number of allylic oxidation sites excluding steroid dienone is 1. The molecule has 0 radical (unpaired) electrons. The minimum Gasteiger partial charge on any atom is -0.353 e. The number of para-hydroxylation sites is 1. The third kappa shape index (κ3) is 3.95. The fourth-order valence-corrected chi connectivity index (χ4v) is 6.36. The zero-order valence-corrected chi connectivity index (χ0v) is 20.8. The average molecular weight is 502 g/mol. The van der Waals surface area contributed by atoms with E-state index < -0.39 is 6.04 Å². The molecule has 2 fully saturated rings. The maximum atomic E-state index is 14.4. The van der Waals surface area contributed by atoms with Gasteiger partial charge in [0.1, 0.15) is 23.8 Å². The summed E-state index contributed by atoms with van der Waals surface area (Å²) in [5, 5.41) is 20.6. The van der Waals surface area contributed by atoms with Crippen molar-refractivity contribution in [3.05, 3.63) is 118 Å². The van der Waals surface area contributed by atoms with Crippen LogP contribution < -0.4 is 4.90 Å². The van der Waals surface area contributed by atoms with Gasteiger partial charge in [-0.3, -0.25) is 4.79 Å². The number of hydrogen-bond donors (Lipinski definition) is 0. The predicted octanol–water partition coefficient (Wildman–Crippen LogP) is 6.96. The largest absolute Gasteiger partial charge is 0.353 e. The molecule has 3 aromatic rings. The van der Waals surface area contributed by atoms with Crippen LogP contribution >= 0.6 is 11.6 Å². The van der Waals surface area contributed by atoms with Gasteiger partial charge in [0.15, 0.2) is 5.78 Å². The minimum absolute atomic E-state index is 0.0313. The van der Waals surface area contributed by atoms with Gasteiger partial charge in [-0.05, 0) is 53.7 Å². The number of nitriles is 2. The van der Waals surface area contributed by atoms with Gasteiger partial charge in [-0.25, -0.2) is 0 Å². The lowest BCUT2D eigenvalue weighted by Crippen LogP contribution is -2.43. The van der Waals surface area contributed by atoms with Crippen LogP contribution in [-0.2, 0) is 0 Å². The van der Waals surface area contributed by atoms with Crippen LogP contribution in [0.25, 0.3) is 6.08 Å². The number of hydrogen-bond acceptors (Lipinski definition) is 4. The second-order valence-electron chi connectivity index (χ2n) is 9.92. The Balaban J connectivity index is 1.63. The number of fused-ring (bicyclic) bond motifs is 3. The van der Waals surface area contributed by atoms with Crippen molar-refractivity contribution in [3.8, 4) is 12.1 Å². The van der Waals surface area contributed by atoms with Crippen molar-refractivity contribution in [3.63, 3.8) is 0 Å². The number of carbonyl (C=O) groups excluding carboxylic acids is 1. The topological polar surface area (TPSA) is 67.9 Å². The summed E-state index contributed by atoms with van der Waals surface area (Å²) in [6.07, 6.45) is 6.18. The summed E-state index contributed by atoms with van der Waals surface area (Å²) < 4.78 is 0. The van der Waals surface area contributed by atoms with Gasteiger partial charge in [0.25, 0.3) is 0 Å². The standard InChI is InChI=1S/C32H24ClN3O/c33-25-15-12-22(13-16-25)29-30(28(21-10-11-21)24(18-34)19-35)27-17-14-20-6-4-5-9-26(20)36(27)31(29)32(37)23-7-2-1-3-8-23/h1-9,12-17,21,27,29-31H,10-11H2/t27-,29+,30+,31-/m0/s1. The molecule has 3 aromatic carbocycles. The van der Waals surface area contributed by atoms with E-state index in [1.807, 2.05) is 66.7 Å². The quantitative estimate of drug-likeness (QED) is 0.280. The summed E-state index contributed by atoms with van der Waals surface area (Å²) in [5.74, 6) is -0.251. The molecule has 0 aromatic heterocycles. The van der Waals surface area contributed by atoms with Gasteiger partial charge in [0, 0.05) is 28.1 Å². The van der Waals surface area contributed by atoms with Crippen molar-refractivity contribution in [1.29, 1.82) is 10.5 Å². The molecule has 0 amide bonds. The number of anilines is 1. The van der Waals surface area contributed by atoms with Gasteiger partial charge in [-0.2, -0.15) is 10.5 Å². The van der Waals surface area contributed by atoms with Crippen molar-refractivity contribution in [2.75, 3.05) is 4.90 Å². The predicted molar refractivity (Wildman–Crippen MR) is 145 cm³/mol. The molecule has 1 aliphatic carbocycles. The summed E-state index contributed by atoms with van der Waals surface area (Å²) in [5.41, 5.74) is 4.76. The SMILES string of the molecule is N#CC(C#N)=C(C1CC1)[C@@H]1[C@@H](c2ccc(Cl)cc2)[C@@H](C(=O)c2ccccc2)N2c3ccccc3C=C[C@@H]12. The molecule has 6 rings (SSSR count). The second-order valence-corrected chi connectivity index (χ2v) is 10.4. The van der Waals surface area contributed by atoms with E-state index in [0.717, 1.165) is 35.2 Å². The van der Waals surface area contributed by atoms with E-state index in [1.54, 1.807) is 0 Å². The van der Waals surface area contributed by atoms with Gasteiger partial charge >= 0.3 is 0 Å². The molecular formula is C32H24ClN3O. The van der Waals surface area contributed by atoms with Crippen molar-refractivity contribution >= 4 is 29.1 Å². The maximum Gasteiger partial charge on any atom is 0.185 e. The first-order valence-corrected chi connectivity index (χ1v) is 12.9. The van der Waals surface area contributed by atoms with Gasteiger partial charge in [0.05, 0.1) is 6.04 Å². The zero-order chi connectivity index (χ0) is 25.5. The van der Waals surface area contributed by atoms with Crippen molar-refractivity contribution in [2.45, 2.75) is 30.8 Å². The third-order valence-electron chi connectivity index (χ3n) is 7.87. The van der Waals surface area contributed by atoms with E-state index >= 15 is 0 Å². The third-order valence-corrected chi connectivity index (χ3v) is 8.13. The van der Waals surface area contributed by atoms with Gasteiger partial charge in [-0.15, -0.1) is 0 Å². The molecule has 1 saturated heterocycles. The van der Waals surface area contributed by atoms with Crippen LogP contribution in [0, 0.1) is 34.5 Å². The highest BCUT2D eigenvalue weighted by molar-refractivity contribution is 6.30. The Morgan fingerprint density at radius 3 is 2.24 bits per heavy atom. The summed E-state index contributed by atoms with van der Waals surface area (Å²) >= 11 is 6.27. The number of ketones is 1. The molecule has 1 saturated carbocycles. The van der Waals surface area contributed by atoms with Crippen LogP contribution in [-0.4, -0.2) is 17.9 Å². The Kier molecular flexibility index (Phi) is 5.91. The lowest BCUT2D eigenvalue weighted by molar-refractivity contribution is 0.0952. The van der Waals surface area contributed by atoms with Gasteiger partial charge in [0.2, 0.25) is 0 Å². The van der Waals surface area contributed by atoms with E-state index in [1.165, 1.54) is 0 Å². The van der Waals surface area contributed by atoms with Crippen LogP contribution in [0.2, 0.25) is 5.02 Å². The Morgan fingerprint density at radius 2 is 1.57 bits per heavy atom. The van der Waals surface area contributed by atoms with Gasteiger partial charge in [-0.1, -0.05) is 84.4 Å². The molecule has 0 spiro atoms. The molecule has 3 aliphatic rings. The van der Waals surface area contributed by atoms with Crippen LogP contribution in [0.15, 0.2) is 96.1 Å². The van der Waals surface area contributed by atoms with E-state index in [4.69, 9.17) is 11.6 Å². The van der Waals surface area contributed by atoms with Crippen molar-refractivity contribution in [1.82, 2.24) is 0 Å². The highest BCUT2D eigenvalue weighted by Gasteiger charge is 2.56. The van der Waals surface area contributed by atoms with Gasteiger partial charge < -0.3 is 4.90 Å². The van der Waals surface area contributed by atoms with E-state index in [-0.39, 0.29) is 35.2 Å². The number of nitrogens with zero attached hydrogens (tertiary/aromatic N) is 3. The van der Waals surface area contributed by atoms with Crippen molar-refractivity contribution < 1.29 is 4.79 Å². The van der Waals surface area contributed by atoms with E-state index in [0.29, 0.717) is 10.6 Å². The molecule has 4 atom stereocenters. The average Bonchev–Trinajstić information content (AvgIpc) is 3.73. The van der Waals surface area contributed by atoms with Crippen LogP contribution in [0.3, 0.4) is 0 Å². The lowest BCUT2D eigenvalue weighted by atomic mass is 9.73. The van der Waals surface area contributed by atoms with E-state index in [9.17, 15) is 15.3 Å². The molecule has 37 heavy (non-hydrogen) atoms. The number of halogens is 1. The van der Waals surface area contributed by atoms with Crippen LogP contribution in [0.5, 0.6) is 0 Å². The fourth-order valence-electron chi connectivity index (χ4n) is 6.24. The summed E-state index contributed by atoms with van der Waals surface area (Å²) in [6.45, 7) is 0. The molecule has 180 valence electrons. The first-order valence-electron chi connectivity index (χ1n) is 12.6. The smallest absolute Gasteiger partial charge is 0.185 e. The van der Waals surface area contributed by atoms with Crippen molar-refractivity contribution in [2.24, 2.45) is 11.8 Å². The summed E-state index contributed by atoms with van der Waals surface area (Å²) in [7, 11) is 0. The van der Waals surface area contributed by atoms with E-state index in [2.05, 4.69) is 41.3 Å². The number of carbonyl (C=O) groups is 1. The lowest BCUT2D eigenvalue weighted by Gasteiger charge is -2.36. The Labute approximate surface area is 221 Å². The maximum absolute atomic E-state index is 14.4. The number of benzene rings is 3. The second kappa shape index (κ2) is 9.40. The Morgan fingerprint density at radius 1 is 0.892 bits per heavy atom. The zero-order valence-electron chi connectivity index (χ0n) is 20.1. The first kappa shape index (κ1) is 23.3. The Bertz CT molecular complexity index is 1490. The molecule has 5 heteroatoms. The van der Waals surface area contributed by atoms with Crippen LogP contribution in [0.1, 0.15) is 40.2 Å². The first-order chi connectivity index (χ1) is 18.1. The molecule has 4 nitrogen and oxygen atoms in total.